The van der Waals surface area contributed by atoms with Crippen LogP contribution in [0.1, 0.15) is 31.1 Å². The van der Waals surface area contributed by atoms with Gasteiger partial charge in [0.1, 0.15) is 5.82 Å². The van der Waals surface area contributed by atoms with Crippen molar-refractivity contribution >= 4 is 0 Å². The van der Waals surface area contributed by atoms with E-state index in [-0.39, 0.29) is 17.7 Å². The van der Waals surface area contributed by atoms with Gasteiger partial charge in [0.2, 0.25) is 0 Å². The highest BCUT2D eigenvalue weighted by atomic mass is 19.1. The van der Waals surface area contributed by atoms with Gasteiger partial charge in [-0.1, -0.05) is 23.7 Å². The number of halogens is 1. The fourth-order valence-corrected chi connectivity index (χ4v) is 2.19. The third-order valence-corrected chi connectivity index (χ3v) is 3.17. The van der Waals surface area contributed by atoms with Crippen molar-refractivity contribution < 1.29 is 8.91 Å². The highest BCUT2D eigenvalue weighted by Gasteiger charge is 2.21. The first-order valence-corrected chi connectivity index (χ1v) is 6.16. The largest absolute Gasteiger partial charge is 0.334 e. The lowest BCUT2D eigenvalue weighted by molar-refractivity contribution is 0.366. The van der Waals surface area contributed by atoms with Gasteiger partial charge in [0, 0.05) is 0 Å². The van der Waals surface area contributed by atoms with Crippen LogP contribution in [0, 0.1) is 5.82 Å². The van der Waals surface area contributed by atoms with E-state index in [2.05, 4.69) is 15.5 Å². The minimum atomic E-state index is -0.343. The summed E-state index contributed by atoms with van der Waals surface area (Å²) in [5, 5.41) is 7.28. The van der Waals surface area contributed by atoms with Gasteiger partial charge in [-0.3, -0.25) is 0 Å². The Bertz CT molecular complexity index is 535. The van der Waals surface area contributed by atoms with Crippen LogP contribution in [0.4, 0.5) is 4.39 Å². The Hall–Kier alpha value is -1.75. The molecule has 5 heteroatoms. The molecule has 4 nitrogen and oxygen atoms in total. The Labute approximate surface area is 104 Å². The van der Waals surface area contributed by atoms with Crippen molar-refractivity contribution in [3.8, 4) is 11.5 Å². The number of benzene rings is 1. The molecule has 1 aromatic heterocycles. The van der Waals surface area contributed by atoms with Gasteiger partial charge in [-0.15, -0.1) is 0 Å². The summed E-state index contributed by atoms with van der Waals surface area (Å²) in [6.07, 6.45) is 3.33. The highest BCUT2D eigenvalue weighted by Crippen LogP contribution is 2.25. The SMILES string of the molecule is Fc1ccccc1-c1nc([C@H]2CCCCN2)no1. The fraction of sp³-hybridized carbons (Fsp3) is 0.385. The quantitative estimate of drug-likeness (QED) is 0.886. The van der Waals surface area contributed by atoms with E-state index in [1.807, 2.05) is 0 Å². The van der Waals surface area contributed by atoms with Crippen molar-refractivity contribution in [3.05, 3.63) is 35.9 Å². The summed E-state index contributed by atoms with van der Waals surface area (Å²) in [5.74, 6) is 0.521. The standard InChI is InChI=1S/C13H14FN3O/c14-10-6-2-1-5-9(10)13-16-12(17-18-13)11-7-3-4-8-15-11/h1-2,5-6,11,15H,3-4,7-8H2/t11-/m1/s1. The molecular formula is C13H14FN3O. The van der Waals surface area contributed by atoms with E-state index in [4.69, 9.17) is 4.52 Å². The van der Waals surface area contributed by atoms with Crippen LogP contribution in [0.5, 0.6) is 0 Å². The van der Waals surface area contributed by atoms with Crippen LogP contribution in [0.2, 0.25) is 0 Å². The second-order valence-electron chi connectivity index (χ2n) is 4.44. The molecule has 0 spiro atoms. The highest BCUT2D eigenvalue weighted by molar-refractivity contribution is 5.53. The number of hydrogen-bond acceptors (Lipinski definition) is 4. The fourth-order valence-electron chi connectivity index (χ4n) is 2.19. The summed E-state index contributed by atoms with van der Waals surface area (Å²) in [4.78, 5) is 4.28. The number of piperidine rings is 1. The zero-order valence-electron chi connectivity index (χ0n) is 9.90. The predicted octanol–water partition coefficient (Wildman–Crippen LogP) is 2.69. The Balaban J connectivity index is 1.87. The third-order valence-electron chi connectivity index (χ3n) is 3.17. The van der Waals surface area contributed by atoms with Crippen molar-refractivity contribution in [2.45, 2.75) is 25.3 Å². The van der Waals surface area contributed by atoms with Crippen LogP contribution < -0.4 is 5.32 Å². The van der Waals surface area contributed by atoms with Crippen LogP contribution in [-0.4, -0.2) is 16.7 Å². The van der Waals surface area contributed by atoms with Crippen LogP contribution in [-0.2, 0) is 0 Å². The molecule has 94 valence electrons. The van der Waals surface area contributed by atoms with Crippen LogP contribution in [0.25, 0.3) is 11.5 Å². The molecule has 1 aliphatic rings. The monoisotopic (exact) mass is 247 g/mol. The maximum Gasteiger partial charge on any atom is 0.260 e. The molecule has 2 heterocycles. The molecule has 0 aliphatic carbocycles. The number of nitrogens with one attached hydrogen (secondary N) is 1. The van der Waals surface area contributed by atoms with Crippen molar-refractivity contribution in [1.29, 1.82) is 0 Å². The topological polar surface area (TPSA) is 51.0 Å². The summed E-state index contributed by atoms with van der Waals surface area (Å²) in [7, 11) is 0. The summed E-state index contributed by atoms with van der Waals surface area (Å²) in [5.41, 5.74) is 0.354. The van der Waals surface area contributed by atoms with Crippen LogP contribution in [0.3, 0.4) is 0 Å². The maximum absolute atomic E-state index is 13.6. The normalized spacial score (nSPS) is 19.9. The van der Waals surface area contributed by atoms with Gasteiger partial charge < -0.3 is 9.84 Å². The Morgan fingerprint density at radius 1 is 1.28 bits per heavy atom. The van der Waals surface area contributed by atoms with Gasteiger partial charge in [0.05, 0.1) is 11.6 Å². The Morgan fingerprint density at radius 2 is 2.17 bits per heavy atom. The van der Waals surface area contributed by atoms with Gasteiger partial charge in [-0.2, -0.15) is 4.98 Å². The van der Waals surface area contributed by atoms with E-state index >= 15 is 0 Å². The first kappa shape index (κ1) is 11.3. The number of hydrogen-bond donors (Lipinski definition) is 1. The average molecular weight is 247 g/mol. The maximum atomic E-state index is 13.6. The first-order chi connectivity index (χ1) is 8.84. The second kappa shape index (κ2) is 4.86. The average Bonchev–Trinajstić information content (AvgIpc) is 2.90. The first-order valence-electron chi connectivity index (χ1n) is 6.16. The summed E-state index contributed by atoms with van der Waals surface area (Å²) >= 11 is 0. The predicted molar refractivity (Wildman–Crippen MR) is 64.3 cm³/mol. The number of rotatable bonds is 2. The van der Waals surface area contributed by atoms with Crippen molar-refractivity contribution in [2.75, 3.05) is 6.54 Å². The van der Waals surface area contributed by atoms with Crippen LogP contribution >= 0.6 is 0 Å². The summed E-state index contributed by atoms with van der Waals surface area (Å²) in [6.45, 7) is 0.967. The lowest BCUT2D eigenvalue weighted by atomic mass is 10.0. The lowest BCUT2D eigenvalue weighted by Crippen LogP contribution is -2.27. The van der Waals surface area contributed by atoms with Gasteiger partial charge in [0.15, 0.2) is 5.82 Å². The summed E-state index contributed by atoms with van der Waals surface area (Å²) in [6, 6.07) is 6.54. The Kier molecular flexibility index (Phi) is 3.06. The van der Waals surface area contributed by atoms with E-state index in [9.17, 15) is 4.39 Å². The molecule has 0 unspecified atom stereocenters. The molecule has 0 bridgehead atoms. The molecule has 2 aromatic rings. The molecule has 0 saturated carbocycles. The molecule has 1 aromatic carbocycles. The van der Waals surface area contributed by atoms with Gasteiger partial charge >= 0.3 is 0 Å². The van der Waals surface area contributed by atoms with Crippen molar-refractivity contribution in [3.63, 3.8) is 0 Å². The molecule has 18 heavy (non-hydrogen) atoms. The van der Waals surface area contributed by atoms with Gasteiger partial charge in [0.25, 0.3) is 5.89 Å². The molecule has 1 fully saturated rings. The van der Waals surface area contributed by atoms with Crippen LogP contribution in [0.15, 0.2) is 28.8 Å². The van der Waals surface area contributed by atoms with Crippen molar-refractivity contribution in [2.24, 2.45) is 0 Å². The zero-order valence-corrected chi connectivity index (χ0v) is 9.90. The lowest BCUT2D eigenvalue weighted by Gasteiger charge is -2.19. The zero-order chi connectivity index (χ0) is 12.4. The van der Waals surface area contributed by atoms with E-state index in [0.717, 1.165) is 19.4 Å². The molecule has 1 atom stereocenters. The molecule has 1 N–H and O–H groups in total. The van der Waals surface area contributed by atoms with Gasteiger partial charge in [-0.25, -0.2) is 4.39 Å². The molecule has 0 amide bonds. The molecule has 3 rings (SSSR count). The molecule has 1 aliphatic heterocycles. The summed E-state index contributed by atoms with van der Waals surface area (Å²) < 4.78 is 18.7. The van der Waals surface area contributed by atoms with E-state index < -0.39 is 0 Å². The van der Waals surface area contributed by atoms with Crippen molar-refractivity contribution in [1.82, 2.24) is 15.5 Å². The third kappa shape index (κ3) is 2.13. The molecule has 1 saturated heterocycles. The minimum absolute atomic E-state index is 0.128. The molecular weight excluding hydrogens is 233 g/mol. The molecule has 0 radical (unpaired) electrons. The van der Waals surface area contributed by atoms with E-state index in [0.29, 0.717) is 11.4 Å². The number of aromatic nitrogens is 2. The van der Waals surface area contributed by atoms with Gasteiger partial charge in [-0.05, 0) is 31.5 Å². The minimum Gasteiger partial charge on any atom is -0.334 e. The second-order valence-corrected chi connectivity index (χ2v) is 4.44. The van der Waals surface area contributed by atoms with E-state index in [1.165, 1.54) is 12.5 Å². The smallest absolute Gasteiger partial charge is 0.260 e. The Morgan fingerprint density at radius 3 is 2.94 bits per heavy atom. The number of nitrogens with zero attached hydrogens (tertiary/aromatic N) is 2. The van der Waals surface area contributed by atoms with E-state index in [1.54, 1.807) is 18.2 Å².